The van der Waals surface area contributed by atoms with E-state index in [9.17, 15) is 4.79 Å². The summed E-state index contributed by atoms with van der Waals surface area (Å²) < 4.78 is 1.81. The summed E-state index contributed by atoms with van der Waals surface area (Å²) in [5.41, 5.74) is 1.50. The summed E-state index contributed by atoms with van der Waals surface area (Å²) in [4.78, 5) is 18.8. The summed E-state index contributed by atoms with van der Waals surface area (Å²) in [6.45, 7) is 5.66. The first kappa shape index (κ1) is 20.4. The molecule has 1 saturated heterocycles. The average Bonchev–Trinajstić information content (AvgIpc) is 3.06. The summed E-state index contributed by atoms with van der Waals surface area (Å²) in [5.74, 6) is -0.0866. The molecule has 2 N–H and O–H groups in total. The van der Waals surface area contributed by atoms with Gasteiger partial charge in [-0.2, -0.15) is 0 Å². The van der Waals surface area contributed by atoms with Crippen LogP contribution in [0.3, 0.4) is 0 Å². The predicted molar refractivity (Wildman–Crippen MR) is 99.7 cm³/mol. The molecule has 6 nitrogen and oxygen atoms in total. The van der Waals surface area contributed by atoms with Crippen molar-refractivity contribution in [2.75, 3.05) is 39.3 Å². The number of hydrogen-bond donors (Lipinski definition) is 2. The van der Waals surface area contributed by atoms with E-state index in [2.05, 4.69) is 20.5 Å². The zero-order valence-electron chi connectivity index (χ0n) is 13.4. The molecular formula is C16H23Cl2N5O. The number of aromatic nitrogens is 2. The van der Waals surface area contributed by atoms with E-state index in [4.69, 9.17) is 0 Å². The van der Waals surface area contributed by atoms with E-state index in [1.165, 1.54) is 0 Å². The lowest BCUT2D eigenvalue weighted by Gasteiger charge is -2.27. The summed E-state index contributed by atoms with van der Waals surface area (Å²) >= 11 is 0. The second kappa shape index (κ2) is 10.3. The van der Waals surface area contributed by atoms with Gasteiger partial charge in [-0.3, -0.25) is 14.3 Å². The number of benzene rings is 1. The third-order valence-corrected chi connectivity index (χ3v) is 3.83. The molecule has 0 atom stereocenters. The highest BCUT2D eigenvalue weighted by atomic mass is 35.5. The number of carbonyl (C=O) groups excluding carboxylic acids is 1. The van der Waals surface area contributed by atoms with Crippen molar-refractivity contribution in [3.8, 4) is 5.69 Å². The standard InChI is InChI=1S/C16H21N5O.2ClH/c22-16(19-8-11-20-9-6-17-7-10-20)15-12-18-13-21(15)14-4-2-1-3-5-14;;/h1-5,12-13,17H,6-11H2,(H,19,22);2*1H. The number of para-hydroxylation sites is 1. The Morgan fingerprint density at radius 2 is 1.88 bits per heavy atom. The predicted octanol–water partition coefficient (Wildman–Crippen LogP) is 1.35. The van der Waals surface area contributed by atoms with Gasteiger partial charge in [-0.05, 0) is 12.1 Å². The van der Waals surface area contributed by atoms with Crippen molar-refractivity contribution in [3.63, 3.8) is 0 Å². The van der Waals surface area contributed by atoms with Gasteiger partial charge in [0.25, 0.3) is 5.91 Å². The molecule has 2 aromatic rings. The van der Waals surface area contributed by atoms with E-state index in [0.29, 0.717) is 12.2 Å². The zero-order valence-corrected chi connectivity index (χ0v) is 15.0. The van der Waals surface area contributed by atoms with Gasteiger partial charge in [-0.15, -0.1) is 24.8 Å². The lowest BCUT2D eigenvalue weighted by atomic mass is 10.3. The third kappa shape index (κ3) is 5.21. The molecule has 3 rings (SSSR count). The number of hydrogen-bond acceptors (Lipinski definition) is 4. The van der Waals surface area contributed by atoms with Gasteiger partial charge < -0.3 is 10.6 Å². The van der Waals surface area contributed by atoms with Gasteiger partial charge in [0.1, 0.15) is 5.69 Å². The Kier molecular flexibility index (Phi) is 8.78. The molecule has 1 aliphatic heterocycles. The maximum atomic E-state index is 12.3. The number of carbonyl (C=O) groups is 1. The lowest BCUT2D eigenvalue weighted by Crippen LogP contribution is -2.46. The third-order valence-electron chi connectivity index (χ3n) is 3.83. The monoisotopic (exact) mass is 371 g/mol. The number of amides is 1. The van der Waals surface area contributed by atoms with Crippen LogP contribution in [0.2, 0.25) is 0 Å². The topological polar surface area (TPSA) is 62.2 Å². The molecule has 0 aliphatic carbocycles. The lowest BCUT2D eigenvalue weighted by molar-refractivity contribution is 0.0940. The maximum Gasteiger partial charge on any atom is 0.269 e. The number of nitrogens with one attached hydrogen (secondary N) is 2. The minimum absolute atomic E-state index is 0. The van der Waals surface area contributed by atoms with Crippen LogP contribution in [-0.2, 0) is 0 Å². The summed E-state index contributed by atoms with van der Waals surface area (Å²) in [7, 11) is 0. The first-order valence-electron chi connectivity index (χ1n) is 7.63. The molecule has 0 unspecified atom stereocenters. The second-order valence-corrected chi connectivity index (χ2v) is 5.33. The van der Waals surface area contributed by atoms with Crippen molar-refractivity contribution < 1.29 is 4.79 Å². The number of imidazole rings is 1. The van der Waals surface area contributed by atoms with Crippen LogP contribution in [0.25, 0.3) is 5.69 Å². The summed E-state index contributed by atoms with van der Waals surface area (Å²) in [6.07, 6.45) is 3.27. The van der Waals surface area contributed by atoms with Crippen LogP contribution >= 0.6 is 24.8 Å². The van der Waals surface area contributed by atoms with E-state index in [0.717, 1.165) is 38.4 Å². The minimum atomic E-state index is -0.0866. The second-order valence-electron chi connectivity index (χ2n) is 5.33. The molecule has 8 heteroatoms. The van der Waals surface area contributed by atoms with Crippen LogP contribution in [0.15, 0.2) is 42.9 Å². The van der Waals surface area contributed by atoms with Gasteiger partial charge in [0.2, 0.25) is 0 Å². The highest BCUT2D eigenvalue weighted by molar-refractivity contribution is 5.93. The van der Waals surface area contributed by atoms with Crippen LogP contribution in [-0.4, -0.2) is 59.6 Å². The molecule has 132 valence electrons. The van der Waals surface area contributed by atoms with Crippen LogP contribution < -0.4 is 10.6 Å². The highest BCUT2D eigenvalue weighted by Crippen LogP contribution is 2.10. The number of piperazine rings is 1. The van der Waals surface area contributed by atoms with Gasteiger partial charge in [0, 0.05) is 45.0 Å². The van der Waals surface area contributed by atoms with Crippen molar-refractivity contribution in [2.45, 2.75) is 0 Å². The fraction of sp³-hybridized carbons (Fsp3) is 0.375. The van der Waals surface area contributed by atoms with E-state index >= 15 is 0 Å². The van der Waals surface area contributed by atoms with Gasteiger partial charge in [-0.25, -0.2) is 4.98 Å². The maximum absolute atomic E-state index is 12.3. The Labute approximate surface area is 154 Å². The molecule has 2 heterocycles. The van der Waals surface area contributed by atoms with Crippen molar-refractivity contribution >= 4 is 30.7 Å². The van der Waals surface area contributed by atoms with Gasteiger partial charge >= 0.3 is 0 Å². The van der Waals surface area contributed by atoms with E-state index < -0.39 is 0 Å². The van der Waals surface area contributed by atoms with E-state index in [-0.39, 0.29) is 30.7 Å². The minimum Gasteiger partial charge on any atom is -0.349 e. The average molecular weight is 372 g/mol. The summed E-state index contributed by atoms with van der Waals surface area (Å²) in [5, 5.41) is 6.30. The number of rotatable bonds is 5. The van der Waals surface area contributed by atoms with Crippen LogP contribution in [0.4, 0.5) is 0 Å². The zero-order chi connectivity index (χ0) is 15.2. The number of nitrogens with zero attached hydrogens (tertiary/aromatic N) is 3. The molecule has 1 aromatic carbocycles. The fourth-order valence-electron chi connectivity index (χ4n) is 2.61. The molecule has 0 spiro atoms. The van der Waals surface area contributed by atoms with Gasteiger partial charge in [0.05, 0.1) is 12.5 Å². The first-order valence-corrected chi connectivity index (χ1v) is 7.63. The van der Waals surface area contributed by atoms with Crippen LogP contribution in [0, 0.1) is 0 Å². The normalized spacial score (nSPS) is 14.3. The molecule has 0 saturated carbocycles. The summed E-state index contributed by atoms with van der Waals surface area (Å²) in [6, 6.07) is 9.76. The van der Waals surface area contributed by atoms with Gasteiger partial charge in [-0.1, -0.05) is 18.2 Å². The Bertz CT molecular complexity index is 614. The highest BCUT2D eigenvalue weighted by Gasteiger charge is 2.14. The number of halogens is 2. The molecule has 1 aliphatic rings. The Morgan fingerprint density at radius 1 is 1.17 bits per heavy atom. The molecule has 0 radical (unpaired) electrons. The van der Waals surface area contributed by atoms with Crippen molar-refractivity contribution in [1.29, 1.82) is 0 Å². The first-order chi connectivity index (χ1) is 10.8. The molecule has 24 heavy (non-hydrogen) atoms. The molecule has 1 fully saturated rings. The quantitative estimate of drug-likeness (QED) is 0.832. The Balaban J connectivity index is 0.00000144. The molecular weight excluding hydrogens is 349 g/mol. The SMILES string of the molecule is Cl.Cl.O=C(NCCN1CCNCC1)c1cncn1-c1ccccc1. The van der Waals surface area contributed by atoms with Gasteiger partial charge in [0.15, 0.2) is 0 Å². The molecule has 1 amide bonds. The van der Waals surface area contributed by atoms with Crippen LogP contribution in [0.1, 0.15) is 10.5 Å². The molecule has 1 aromatic heterocycles. The van der Waals surface area contributed by atoms with E-state index in [1.54, 1.807) is 17.1 Å². The van der Waals surface area contributed by atoms with Crippen LogP contribution in [0.5, 0.6) is 0 Å². The van der Waals surface area contributed by atoms with Crippen molar-refractivity contribution in [1.82, 2.24) is 25.1 Å². The Morgan fingerprint density at radius 3 is 2.58 bits per heavy atom. The van der Waals surface area contributed by atoms with Crippen molar-refractivity contribution in [3.05, 3.63) is 48.5 Å². The smallest absolute Gasteiger partial charge is 0.269 e. The largest absolute Gasteiger partial charge is 0.349 e. The van der Waals surface area contributed by atoms with E-state index in [1.807, 2.05) is 30.3 Å². The molecule has 0 bridgehead atoms. The van der Waals surface area contributed by atoms with Crippen molar-refractivity contribution in [2.24, 2.45) is 0 Å². The fourth-order valence-corrected chi connectivity index (χ4v) is 2.61. The Hall–Kier alpha value is -1.60.